The Hall–Kier alpha value is -7.44. The van der Waals surface area contributed by atoms with Crippen LogP contribution in [0.25, 0.3) is 105 Å². The maximum Gasteiger partial charge on any atom is 0.164 e. The van der Waals surface area contributed by atoms with Gasteiger partial charge >= 0.3 is 0 Å². The van der Waals surface area contributed by atoms with Crippen molar-refractivity contribution in [1.29, 1.82) is 0 Å². The number of pyridine rings is 1. The lowest BCUT2D eigenvalue weighted by atomic mass is 10.00. The number of para-hydroxylation sites is 2. The van der Waals surface area contributed by atoms with E-state index in [0.29, 0.717) is 17.5 Å². The summed E-state index contributed by atoms with van der Waals surface area (Å²) in [6.07, 6.45) is 3.54. The van der Waals surface area contributed by atoms with Crippen molar-refractivity contribution in [2.45, 2.75) is 0 Å². The molecule has 0 saturated carbocycles. The molecule has 0 unspecified atom stereocenters. The molecule has 0 fully saturated rings. The molecule has 4 aromatic heterocycles. The summed E-state index contributed by atoms with van der Waals surface area (Å²) in [7, 11) is 0. The SMILES string of the molecule is c1ccc(-c2ccc3cc(-c4nc(-c5cccc(-n6c7ccccc7c7ccccc76)c5)nc(-c5cccc6oc7cnccc7c56)n4)ccc3c2)cc1. The highest BCUT2D eigenvalue weighted by Crippen LogP contribution is 2.38. The molecule has 252 valence electrons. The highest BCUT2D eigenvalue weighted by Gasteiger charge is 2.19. The van der Waals surface area contributed by atoms with E-state index >= 15 is 0 Å². The molecule has 7 aromatic carbocycles. The van der Waals surface area contributed by atoms with Gasteiger partial charge in [-0.2, -0.15) is 0 Å². The van der Waals surface area contributed by atoms with Crippen LogP contribution in [-0.2, 0) is 0 Å². The predicted octanol–water partition coefficient (Wildman–Crippen LogP) is 12.1. The molecule has 11 rings (SSSR count). The van der Waals surface area contributed by atoms with Gasteiger partial charge in [-0.05, 0) is 70.4 Å². The van der Waals surface area contributed by atoms with Crippen molar-refractivity contribution in [3.05, 3.63) is 176 Å². The van der Waals surface area contributed by atoms with Crippen LogP contribution in [0.15, 0.2) is 181 Å². The number of furan rings is 1. The quantitative estimate of drug-likeness (QED) is 0.180. The van der Waals surface area contributed by atoms with Gasteiger partial charge in [0.15, 0.2) is 23.1 Å². The number of aromatic nitrogens is 5. The van der Waals surface area contributed by atoms with Gasteiger partial charge in [0.05, 0.1) is 17.2 Å². The van der Waals surface area contributed by atoms with Gasteiger partial charge < -0.3 is 8.98 Å². The third-order valence-corrected chi connectivity index (χ3v) is 10.3. The lowest BCUT2D eigenvalue weighted by Crippen LogP contribution is -2.01. The summed E-state index contributed by atoms with van der Waals surface area (Å²) < 4.78 is 8.54. The smallest absolute Gasteiger partial charge is 0.164 e. The maximum absolute atomic E-state index is 6.23. The van der Waals surface area contributed by atoms with Crippen molar-refractivity contribution >= 4 is 54.5 Å². The fourth-order valence-electron chi connectivity index (χ4n) is 7.80. The van der Waals surface area contributed by atoms with Gasteiger partial charge in [0.2, 0.25) is 0 Å². The Labute approximate surface area is 309 Å². The average molecular weight is 692 g/mol. The molecule has 54 heavy (non-hydrogen) atoms. The number of fused-ring (bicyclic) bond motifs is 7. The van der Waals surface area contributed by atoms with E-state index in [4.69, 9.17) is 19.4 Å². The molecule has 0 amide bonds. The van der Waals surface area contributed by atoms with Gasteiger partial charge in [-0.15, -0.1) is 0 Å². The Balaban J connectivity index is 1.11. The van der Waals surface area contributed by atoms with Gasteiger partial charge in [-0.1, -0.05) is 115 Å². The first-order valence-corrected chi connectivity index (χ1v) is 18.0. The third-order valence-electron chi connectivity index (χ3n) is 10.3. The zero-order valence-electron chi connectivity index (χ0n) is 28.9. The van der Waals surface area contributed by atoms with Crippen LogP contribution in [0.4, 0.5) is 0 Å². The van der Waals surface area contributed by atoms with Gasteiger partial charge in [0.1, 0.15) is 5.58 Å². The van der Waals surface area contributed by atoms with Crippen LogP contribution in [0.3, 0.4) is 0 Å². The van der Waals surface area contributed by atoms with Crippen molar-refractivity contribution in [3.8, 4) is 51.0 Å². The molecule has 0 aliphatic heterocycles. The monoisotopic (exact) mass is 691 g/mol. The van der Waals surface area contributed by atoms with E-state index < -0.39 is 0 Å². The molecular weight excluding hydrogens is 663 g/mol. The van der Waals surface area contributed by atoms with Crippen LogP contribution in [0.2, 0.25) is 0 Å². The van der Waals surface area contributed by atoms with E-state index in [2.05, 4.69) is 149 Å². The Kier molecular flexibility index (Phi) is 6.75. The second-order valence-electron chi connectivity index (χ2n) is 13.5. The number of benzene rings is 7. The molecule has 4 heterocycles. The molecule has 0 radical (unpaired) electrons. The van der Waals surface area contributed by atoms with Gasteiger partial charge in [0, 0.05) is 50.1 Å². The zero-order chi connectivity index (χ0) is 35.6. The van der Waals surface area contributed by atoms with E-state index in [1.165, 1.54) is 21.9 Å². The lowest BCUT2D eigenvalue weighted by Gasteiger charge is -2.12. The van der Waals surface area contributed by atoms with Crippen LogP contribution in [0.5, 0.6) is 0 Å². The molecular formula is C48H29N5O. The van der Waals surface area contributed by atoms with Crippen LogP contribution in [0.1, 0.15) is 0 Å². The topological polar surface area (TPSA) is 69.6 Å². The number of rotatable bonds is 5. The lowest BCUT2D eigenvalue weighted by molar-refractivity contribution is 0.667. The van der Waals surface area contributed by atoms with Crippen LogP contribution >= 0.6 is 0 Å². The fraction of sp³-hybridized carbons (Fsp3) is 0. The minimum Gasteiger partial charge on any atom is -0.454 e. The Bertz CT molecular complexity index is 3180. The Morgan fingerprint density at radius 1 is 0.426 bits per heavy atom. The number of nitrogens with zero attached hydrogens (tertiary/aromatic N) is 5. The first kappa shape index (κ1) is 30.2. The fourth-order valence-corrected chi connectivity index (χ4v) is 7.80. The van der Waals surface area contributed by atoms with E-state index in [9.17, 15) is 0 Å². The van der Waals surface area contributed by atoms with E-state index in [1.54, 1.807) is 12.4 Å². The van der Waals surface area contributed by atoms with Crippen molar-refractivity contribution in [2.24, 2.45) is 0 Å². The van der Waals surface area contributed by atoms with Gasteiger partial charge in [0.25, 0.3) is 0 Å². The van der Waals surface area contributed by atoms with Crippen molar-refractivity contribution in [2.75, 3.05) is 0 Å². The van der Waals surface area contributed by atoms with Crippen LogP contribution in [-0.4, -0.2) is 24.5 Å². The maximum atomic E-state index is 6.23. The number of hydrogen-bond acceptors (Lipinski definition) is 5. The highest BCUT2D eigenvalue weighted by molar-refractivity contribution is 6.12. The molecule has 0 aliphatic carbocycles. The molecule has 0 bridgehead atoms. The molecule has 0 atom stereocenters. The van der Waals surface area contributed by atoms with Crippen molar-refractivity contribution in [1.82, 2.24) is 24.5 Å². The summed E-state index contributed by atoms with van der Waals surface area (Å²) in [5, 5.41) is 6.60. The predicted molar refractivity (Wildman–Crippen MR) is 218 cm³/mol. The molecule has 0 aliphatic rings. The highest BCUT2D eigenvalue weighted by atomic mass is 16.3. The van der Waals surface area contributed by atoms with Crippen molar-refractivity contribution < 1.29 is 4.42 Å². The van der Waals surface area contributed by atoms with Crippen molar-refractivity contribution in [3.63, 3.8) is 0 Å². The summed E-state index contributed by atoms with van der Waals surface area (Å²) in [4.78, 5) is 19.9. The molecule has 6 heteroatoms. The van der Waals surface area contributed by atoms with Gasteiger partial charge in [-0.3, -0.25) is 4.98 Å². The molecule has 0 spiro atoms. The minimum atomic E-state index is 0.571. The Morgan fingerprint density at radius 3 is 1.83 bits per heavy atom. The zero-order valence-corrected chi connectivity index (χ0v) is 28.9. The van der Waals surface area contributed by atoms with E-state index in [0.717, 1.165) is 66.1 Å². The second-order valence-corrected chi connectivity index (χ2v) is 13.5. The summed E-state index contributed by atoms with van der Waals surface area (Å²) in [5.41, 5.74) is 9.84. The minimum absolute atomic E-state index is 0.571. The van der Waals surface area contributed by atoms with Crippen LogP contribution in [0, 0.1) is 0 Å². The summed E-state index contributed by atoms with van der Waals surface area (Å²) in [5.74, 6) is 1.75. The first-order valence-electron chi connectivity index (χ1n) is 18.0. The number of hydrogen-bond donors (Lipinski definition) is 0. The largest absolute Gasteiger partial charge is 0.454 e. The second kappa shape index (κ2) is 12.1. The summed E-state index contributed by atoms with van der Waals surface area (Å²) in [6.45, 7) is 0. The normalized spacial score (nSPS) is 11.7. The average Bonchev–Trinajstić information content (AvgIpc) is 3.80. The molecule has 11 aromatic rings. The standard InChI is InChI=1S/C48H29N5O/c1-2-10-30(11-3-1)31-20-21-33-27-35(23-22-32(33)26-31)47-50-46(51-48(52-47)40-16-9-19-43-45(40)39-24-25-49-29-44(39)54-43)34-12-8-13-36(28-34)53-41-17-6-4-14-37(41)38-15-5-7-18-42(38)53/h1-29H. The van der Waals surface area contributed by atoms with E-state index in [1.807, 2.05) is 24.3 Å². The van der Waals surface area contributed by atoms with Crippen LogP contribution < -0.4 is 0 Å². The molecule has 0 saturated heterocycles. The first-order chi connectivity index (χ1) is 26.7. The molecule has 0 N–H and O–H groups in total. The van der Waals surface area contributed by atoms with E-state index in [-0.39, 0.29) is 0 Å². The summed E-state index contributed by atoms with van der Waals surface area (Å²) >= 11 is 0. The Morgan fingerprint density at radius 2 is 1.06 bits per heavy atom. The van der Waals surface area contributed by atoms with Gasteiger partial charge in [-0.25, -0.2) is 15.0 Å². The third kappa shape index (κ3) is 4.89. The molecule has 6 nitrogen and oxygen atoms in total. The summed E-state index contributed by atoms with van der Waals surface area (Å²) in [6, 6.07) is 57.0.